The van der Waals surface area contributed by atoms with Crippen molar-refractivity contribution >= 4 is 17.6 Å². The van der Waals surface area contributed by atoms with Gasteiger partial charge in [0.1, 0.15) is 11.1 Å². The number of para-hydroxylation sites is 1. The van der Waals surface area contributed by atoms with E-state index in [0.29, 0.717) is 0 Å². The predicted molar refractivity (Wildman–Crippen MR) is 70.1 cm³/mol. The summed E-state index contributed by atoms with van der Waals surface area (Å²) in [7, 11) is 0. The van der Waals surface area contributed by atoms with E-state index in [-0.39, 0.29) is 16.8 Å². The average Bonchev–Trinajstić information content (AvgIpc) is 2.41. The van der Waals surface area contributed by atoms with E-state index in [9.17, 15) is 19.5 Å². The van der Waals surface area contributed by atoms with Crippen LogP contribution in [0.15, 0.2) is 41.3 Å². The Kier molecular flexibility index (Phi) is 3.52. The molecule has 0 atom stereocenters. The second-order valence-corrected chi connectivity index (χ2v) is 3.87. The van der Waals surface area contributed by atoms with Crippen LogP contribution < -0.4 is 10.9 Å². The van der Waals surface area contributed by atoms with Gasteiger partial charge in [-0.25, -0.2) is 4.79 Å². The lowest BCUT2D eigenvalue weighted by Gasteiger charge is -2.08. The van der Waals surface area contributed by atoms with Gasteiger partial charge >= 0.3 is 5.97 Å². The summed E-state index contributed by atoms with van der Waals surface area (Å²) in [6.07, 6.45) is 1.38. The molecule has 0 aliphatic carbocycles. The summed E-state index contributed by atoms with van der Waals surface area (Å²) in [4.78, 5) is 36.5. The van der Waals surface area contributed by atoms with Gasteiger partial charge in [-0.1, -0.05) is 6.07 Å². The Labute approximate surface area is 112 Å². The number of H-pyrrole nitrogens is 1. The van der Waals surface area contributed by atoms with Crippen molar-refractivity contribution in [1.29, 1.82) is 0 Å². The number of carbonyl (C=O) groups is 2. The fourth-order valence-electron chi connectivity index (χ4n) is 1.61. The number of benzene rings is 1. The second kappa shape index (κ2) is 5.27. The number of nitrogens with one attached hydrogen (secondary N) is 2. The summed E-state index contributed by atoms with van der Waals surface area (Å²) in [5, 5.41) is 20.9. The van der Waals surface area contributed by atoms with Crippen molar-refractivity contribution in [3.05, 3.63) is 58.0 Å². The molecule has 7 heteroatoms. The number of aromatic nitrogens is 1. The number of aromatic hydroxyl groups is 1. The van der Waals surface area contributed by atoms with Crippen LogP contribution in [0.5, 0.6) is 5.75 Å². The normalized spacial score (nSPS) is 10.0. The van der Waals surface area contributed by atoms with Crippen molar-refractivity contribution < 1.29 is 19.8 Å². The lowest BCUT2D eigenvalue weighted by molar-refractivity contribution is 0.0693. The number of hydrogen-bond acceptors (Lipinski definition) is 4. The molecule has 0 aliphatic rings. The van der Waals surface area contributed by atoms with E-state index in [1.165, 1.54) is 36.5 Å². The summed E-state index contributed by atoms with van der Waals surface area (Å²) in [6.45, 7) is 0. The summed E-state index contributed by atoms with van der Waals surface area (Å²) < 4.78 is 0. The topological polar surface area (TPSA) is 119 Å². The molecule has 0 saturated heterocycles. The standard InChI is InChI=1S/C13H10N2O5/c16-10-7(13(19)20)3-1-5-9(10)15-12(18)8-4-2-6-14-11(8)17/h1-6,16H,(H,14,17)(H,15,18)(H,19,20). The zero-order chi connectivity index (χ0) is 14.7. The molecule has 7 nitrogen and oxygen atoms in total. The van der Waals surface area contributed by atoms with E-state index in [4.69, 9.17) is 5.11 Å². The van der Waals surface area contributed by atoms with Crippen molar-refractivity contribution in [3.63, 3.8) is 0 Å². The van der Waals surface area contributed by atoms with Crippen LogP contribution in [0, 0.1) is 0 Å². The molecule has 0 radical (unpaired) electrons. The molecule has 0 fully saturated rings. The zero-order valence-electron chi connectivity index (χ0n) is 10.1. The molecule has 0 aliphatic heterocycles. The number of rotatable bonds is 3. The molecule has 20 heavy (non-hydrogen) atoms. The lowest BCUT2D eigenvalue weighted by atomic mass is 10.1. The van der Waals surface area contributed by atoms with Crippen molar-refractivity contribution in [1.82, 2.24) is 4.98 Å². The Morgan fingerprint density at radius 2 is 1.80 bits per heavy atom. The van der Waals surface area contributed by atoms with Gasteiger partial charge in [0.25, 0.3) is 11.5 Å². The first kappa shape index (κ1) is 13.3. The highest BCUT2D eigenvalue weighted by molar-refractivity contribution is 6.06. The summed E-state index contributed by atoms with van der Waals surface area (Å²) >= 11 is 0. The van der Waals surface area contributed by atoms with Crippen molar-refractivity contribution in [2.45, 2.75) is 0 Å². The summed E-state index contributed by atoms with van der Waals surface area (Å²) in [5.41, 5.74) is -1.16. The van der Waals surface area contributed by atoms with Crippen LogP contribution in [-0.4, -0.2) is 27.1 Å². The molecule has 0 bridgehead atoms. The van der Waals surface area contributed by atoms with Crippen molar-refractivity contribution in [2.24, 2.45) is 0 Å². The Hall–Kier alpha value is -3.09. The molecule has 1 amide bonds. The van der Waals surface area contributed by atoms with E-state index in [2.05, 4.69) is 10.3 Å². The quantitative estimate of drug-likeness (QED) is 0.623. The minimum absolute atomic E-state index is 0.0850. The van der Waals surface area contributed by atoms with Crippen LogP contribution in [0.4, 0.5) is 5.69 Å². The number of aromatic carboxylic acids is 1. The number of carboxylic acids is 1. The average molecular weight is 274 g/mol. The molecule has 4 N–H and O–H groups in total. The van der Waals surface area contributed by atoms with Crippen LogP contribution >= 0.6 is 0 Å². The first-order valence-corrected chi connectivity index (χ1v) is 5.55. The maximum absolute atomic E-state index is 11.9. The Morgan fingerprint density at radius 3 is 2.45 bits per heavy atom. The third kappa shape index (κ3) is 2.51. The van der Waals surface area contributed by atoms with Gasteiger partial charge in [-0.3, -0.25) is 9.59 Å². The van der Waals surface area contributed by atoms with Crippen LogP contribution in [-0.2, 0) is 0 Å². The highest BCUT2D eigenvalue weighted by atomic mass is 16.4. The van der Waals surface area contributed by atoms with Crippen LogP contribution in [0.2, 0.25) is 0 Å². The highest BCUT2D eigenvalue weighted by Gasteiger charge is 2.16. The number of amides is 1. The van der Waals surface area contributed by atoms with Gasteiger partial charge in [0.15, 0.2) is 5.75 Å². The van der Waals surface area contributed by atoms with Gasteiger partial charge in [-0.2, -0.15) is 0 Å². The number of pyridine rings is 1. The number of phenols is 1. The maximum atomic E-state index is 11.9. The molecule has 0 spiro atoms. The Balaban J connectivity index is 2.34. The number of hydrogen-bond donors (Lipinski definition) is 4. The minimum atomic E-state index is -1.32. The van der Waals surface area contributed by atoms with Gasteiger partial charge in [-0.15, -0.1) is 0 Å². The SMILES string of the molecule is O=C(O)c1cccc(NC(=O)c2ccc[nH]c2=O)c1O. The molecular formula is C13H10N2O5. The first-order chi connectivity index (χ1) is 9.50. The molecule has 2 aromatic rings. The maximum Gasteiger partial charge on any atom is 0.339 e. The van der Waals surface area contributed by atoms with Gasteiger partial charge in [0, 0.05) is 6.20 Å². The van der Waals surface area contributed by atoms with Gasteiger partial charge in [-0.05, 0) is 24.3 Å². The first-order valence-electron chi connectivity index (χ1n) is 5.55. The number of carboxylic acid groups (broad SMARTS) is 1. The van der Waals surface area contributed by atoms with E-state index < -0.39 is 23.2 Å². The van der Waals surface area contributed by atoms with E-state index in [1.54, 1.807) is 0 Å². The lowest BCUT2D eigenvalue weighted by Crippen LogP contribution is -2.22. The van der Waals surface area contributed by atoms with Gasteiger partial charge in [0.2, 0.25) is 0 Å². The second-order valence-electron chi connectivity index (χ2n) is 3.87. The van der Waals surface area contributed by atoms with E-state index in [1.807, 2.05) is 0 Å². The number of aromatic amines is 1. The molecular weight excluding hydrogens is 264 g/mol. The Morgan fingerprint density at radius 1 is 1.10 bits per heavy atom. The largest absolute Gasteiger partial charge is 0.505 e. The minimum Gasteiger partial charge on any atom is -0.505 e. The smallest absolute Gasteiger partial charge is 0.339 e. The summed E-state index contributed by atoms with van der Waals surface area (Å²) in [5.74, 6) is -2.64. The zero-order valence-corrected chi connectivity index (χ0v) is 10.1. The third-order valence-corrected chi connectivity index (χ3v) is 2.58. The molecule has 2 rings (SSSR count). The van der Waals surface area contributed by atoms with Crippen LogP contribution in [0.25, 0.3) is 0 Å². The number of carbonyl (C=O) groups excluding carboxylic acids is 1. The number of anilines is 1. The fourth-order valence-corrected chi connectivity index (χ4v) is 1.61. The fraction of sp³-hybridized carbons (Fsp3) is 0. The van der Waals surface area contributed by atoms with Crippen LogP contribution in [0.1, 0.15) is 20.7 Å². The molecule has 102 valence electrons. The van der Waals surface area contributed by atoms with Gasteiger partial charge < -0.3 is 20.5 Å². The monoisotopic (exact) mass is 274 g/mol. The summed E-state index contributed by atoms with van der Waals surface area (Å²) in [6, 6.07) is 6.68. The molecule has 1 aromatic heterocycles. The molecule has 0 unspecified atom stereocenters. The third-order valence-electron chi connectivity index (χ3n) is 2.58. The highest BCUT2D eigenvalue weighted by Crippen LogP contribution is 2.27. The Bertz CT molecular complexity index is 736. The molecule has 0 saturated carbocycles. The van der Waals surface area contributed by atoms with Crippen LogP contribution in [0.3, 0.4) is 0 Å². The predicted octanol–water partition coefficient (Wildman–Crippen LogP) is 1.03. The van der Waals surface area contributed by atoms with E-state index in [0.717, 1.165) is 0 Å². The van der Waals surface area contributed by atoms with Crippen molar-refractivity contribution in [3.8, 4) is 5.75 Å². The van der Waals surface area contributed by atoms with E-state index >= 15 is 0 Å². The molecule has 1 aromatic carbocycles. The molecule has 1 heterocycles. The van der Waals surface area contributed by atoms with Crippen molar-refractivity contribution in [2.75, 3.05) is 5.32 Å². The van der Waals surface area contributed by atoms with Gasteiger partial charge in [0.05, 0.1) is 5.69 Å².